The molecule has 1 aromatic carbocycles. The molecule has 0 radical (unpaired) electrons. The molecule has 130 valence electrons. The molecule has 2 aromatic rings. The molecular weight excluding hydrogens is 415 g/mol. The first-order chi connectivity index (χ1) is 11.3. The molecule has 0 saturated carbocycles. The number of benzene rings is 1. The Kier molecular flexibility index (Phi) is 9.74. The van der Waals surface area contributed by atoms with Crippen LogP contribution in [0.3, 0.4) is 0 Å². The molecular formula is C17H25IN6. The Hall–Kier alpha value is -1.90. The lowest BCUT2D eigenvalue weighted by atomic mass is 10.2. The smallest absolute Gasteiger partial charge is 0.191 e. The minimum absolute atomic E-state index is 0. The largest absolute Gasteiger partial charge is 0.355 e. The number of aryl methyl sites for hydroxylation is 1. The van der Waals surface area contributed by atoms with Gasteiger partial charge in [-0.05, 0) is 5.56 Å². The van der Waals surface area contributed by atoms with Crippen LogP contribution in [0.25, 0.3) is 0 Å². The Morgan fingerprint density at radius 3 is 2.79 bits per heavy atom. The molecule has 0 unspecified atom stereocenters. The second-order valence-corrected chi connectivity index (χ2v) is 5.04. The highest BCUT2D eigenvalue weighted by molar-refractivity contribution is 14.0. The molecule has 0 bridgehead atoms. The summed E-state index contributed by atoms with van der Waals surface area (Å²) in [6, 6.07) is 10.2. The number of guanidine groups is 1. The predicted molar refractivity (Wildman–Crippen MR) is 109 cm³/mol. The highest BCUT2D eigenvalue weighted by Crippen LogP contribution is 2.00. The third-order valence-corrected chi connectivity index (χ3v) is 3.33. The van der Waals surface area contributed by atoms with E-state index in [0.717, 1.165) is 31.3 Å². The third-order valence-electron chi connectivity index (χ3n) is 3.33. The van der Waals surface area contributed by atoms with Crippen LogP contribution in [-0.4, -0.2) is 33.8 Å². The lowest BCUT2D eigenvalue weighted by Gasteiger charge is -2.12. The lowest BCUT2D eigenvalue weighted by molar-refractivity contribution is 0.633. The molecule has 0 aliphatic heterocycles. The Labute approximate surface area is 160 Å². The molecule has 6 nitrogen and oxygen atoms in total. The van der Waals surface area contributed by atoms with Gasteiger partial charge < -0.3 is 15.2 Å². The number of hydrogen-bond acceptors (Lipinski definition) is 3. The van der Waals surface area contributed by atoms with Gasteiger partial charge in [-0.1, -0.05) is 43.3 Å². The minimum atomic E-state index is 0. The summed E-state index contributed by atoms with van der Waals surface area (Å²) in [5.74, 6) is 1.77. The van der Waals surface area contributed by atoms with Gasteiger partial charge in [-0.3, -0.25) is 0 Å². The minimum Gasteiger partial charge on any atom is -0.355 e. The standard InChI is InChI=1S/C17H24N6.HI/c1-3-10-18-17(20-13-15-8-6-5-7-9-15)19-11-12-23-14-21-22-16(23)4-2;/h3,5-9,14H,1,4,10-13H2,2H3,(H2,18,19,20);1H. The van der Waals surface area contributed by atoms with Gasteiger partial charge in [0.05, 0.1) is 6.54 Å². The van der Waals surface area contributed by atoms with E-state index in [4.69, 9.17) is 0 Å². The van der Waals surface area contributed by atoms with Crippen LogP contribution in [0, 0.1) is 0 Å². The highest BCUT2D eigenvalue weighted by Gasteiger charge is 2.02. The maximum absolute atomic E-state index is 4.60. The van der Waals surface area contributed by atoms with Gasteiger partial charge in [0.1, 0.15) is 12.2 Å². The highest BCUT2D eigenvalue weighted by atomic mass is 127. The second kappa shape index (κ2) is 11.6. The van der Waals surface area contributed by atoms with Crippen molar-refractivity contribution in [3.63, 3.8) is 0 Å². The summed E-state index contributed by atoms with van der Waals surface area (Å²) in [6.45, 7) is 8.67. The van der Waals surface area contributed by atoms with E-state index in [1.54, 1.807) is 6.33 Å². The number of nitrogens with one attached hydrogen (secondary N) is 2. The van der Waals surface area contributed by atoms with Gasteiger partial charge in [-0.2, -0.15) is 0 Å². The first kappa shape index (κ1) is 20.1. The zero-order chi connectivity index (χ0) is 16.3. The lowest BCUT2D eigenvalue weighted by Crippen LogP contribution is -2.39. The van der Waals surface area contributed by atoms with E-state index in [0.29, 0.717) is 13.1 Å². The summed E-state index contributed by atoms with van der Waals surface area (Å²) in [5.41, 5.74) is 1.18. The van der Waals surface area contributed by atoms with Crippen molar-refractivity contribution >= 4 is 29.9 Å². The maximum atomic E-state index is 4.60. The van der Waals surface area contributed by atoms with Crippen molar-refractivity contribution in [3.05, 3.63) is 60.7 Å². The number of halogens is 1. The molecule has 2 rings (SSSR count). The Bertz CT molecular complexity index is 623. The SMILES string of the molecule is C=CCNC(=NCc1ccccc1)NCCn1cnnc1CC.I. The summed E-state index contributed by atoms with van der Waals surface area (Å²) in [7, 11) is 0. The van der Waals surface area contributed by atoms with Crippen LogP contribution >= 0.6 is 24.0 Å². The van der Waals surface area contributed by atoms with Crippen molar-refractivity contribution in [2.24, 2.45) is 4.99 Å². The van der Waals surface area contributed by atoms with E-state index >= 15 is 0 Å². The molecule has 0 atom stereocenters. The van der Waals surface area contributed by atoms with Gasteiger partial charge in [-0.15, -0.1) is 40.8 Å². The molecule has 2 N–H and O–H groups in total. The van der Waals surface area contributed by atoms with Crippen LogP contribution < -0.4 is 10.6 Å². The molecule has 0 saturated heterocycles. The fraction of sp³-hybridized carbons (Fsp3) is 0.353. The van der Waals surface area contributed by atoms with Crippen molar-refractivity contribution in [1.82, 2.24) is 25.4 Å². The summed E-state index contributed by atoms with van der Waals surface area (Å²) in [5, 5.41) is 14.6. The fourth-order valence-corrected chi connectivity index (χ4v) is 2.13. The van der Waals surface area contributed by atoms with E-state index in [1.807, 2.05) is 24.3 Å². The average molecular weight is 440 g/mol. The van der Waals surface area contributed by atoms with Crippen molar-refractivity contribution < 1.29 is 0 Å². The van der Waals surface area contributed by atoms with Crippen molar-refractivity contribution in [3.8, 4) is 0 Å². The zero-order valence-corrected chi connectivity index (χ0v) is 16.3. The number of hydrogen-bond donors (Lipinski definition) is 2. The Balaban J connectivity index is 0.00000288. The normalized spacial score (nSPS) is 10.8. The predicted octanol–water partition coefficient (Wildman–Crippen LogP) is 2.38. The van der Waals surface area contributed by atoms with E-state index in [2.05, 4.69) is 56.0 Å². The second-order valence-electron chi connectivity index (χ2n) is 5.04. The van der Waals surface area contributed by atoms with Gasteiger partial charge >= 0.3 is 0 Å². The fourth-order valence-electron chi connectivity index (χ4n) is 2.13. The molecule has 0 fully saturated rings. The van der Waals surface area contributed by atoms with Crippen LogP contribution in [0.15, 0.2) is 54.3 Å². The van der Waals surface area contributed by atoms with E-state index in [9.17, 15) is 0 Å². The van der Waals surface area contributed by atoms with Gasteiger partial charge in [-0.25, -0.2) is 4.99 Å². The van der Waals surface area contributed by atoms with E-state index in [-0.39, 0.29) is 24.0 Å². The molecule has 1 heterocycles. The van der Waals surface area contributed by atoms with Gasteiger partial charge in [0, 0.05) is 26.1 Å². The van der Waals surface area contributed by atoms with Crippen LogP contribution in [0.2, 0.25) is 0 Å². The van der Waals surface area contributed by atoms with Crippen LogP contribution in [0.5, 0.6) is 0 Å². The van der Waals surface area contributed by atoms with E-state index in [1.165, 1.54) is 5.56 Å². The Morgan fingerprint density at radius 2 is 2.08 bits per heavy atom. The zero-order valence-electron chi connectivity index (χ0n) is 14.0. The van der Waals surface area contributed by atoms with Crippen LogP contribution in [0.1, 0.15) is 18.3 Å². The van der Waals surface area contributed by atoms with Crippen LogP contribution in [0.4, 0.5) is 0 Å². The quantitative estimate of drug-likeness (QED) is 0.286. The van der Waals surface area contributed by atoms with E-state index < -0.39 is 0 Å². The molecule has 0 aliphatic rings. The molecule has 7 heteroatoms. The number of nitrogens with zero attached hydrogens (tertiary/aromatic N) is 4. The number of aliphatic imine (C=N–C) groups is 1. The molecule has 24 heavy (non-hydrogen) atoms. The molecule has 0 aliphatic carbocycles. The van der Waals surface area contributed by atoms with Gasteiger partial charge in [0.2, 0.25) is 0 Å². The maximum Gasteiger partial charge on any atom is 0.191 e. The first-order valence-corrected chi connectivity index (χ1v) is 7.87. The topological polar surface area (TPSA) is 67.1 Å². The van der Waals surface area contributed by atoms with Crippen LogP contribution in [-0.2, 0) is 19.5 Å². The van der Waals surface area contributed by atoms with Crippen molar-refractivity contribution in [2.75, 3.05) is 13.1 Å². The summed E-state index contributed by atoms with van der Waals surface area (Å²) in [6.07, 6.45) is 4.46. The molecule has 1 aromatic heterocycles. The van der Waals surface area contributed by atoms with Crippen molar-refractivity contribution in [1.29, 1.82) is 0 Å². The Morgan fingerprint density at radius 1 is 1.29 bits per heavy atom. The monoisotopic (exact) mass is 440 g/mol. The average Bonchev–Trinajstić information content (AvgIpc) is 3.05. The first-order valence-electron chi connectivity index (χ1n) is 7.87. The third kappa shape index (κ3) is 6.69. The summed E-state index contributed by atoms with van der Waals surface area (Å²) >= 11 is 0. The summed E-state index contributed by atoms with van der Waals surface area (Å²) < 4.78 is 2.05. The molecule has 0 spiro atoms. The van der Waals surface area contributed by atoms with Gasteiger partial charge in [0.15, 0.2) is 5.96 Å². The summed E-state index contributed by atoms with van der Waals surface area (Å²) in [4.78, 5) is 4.60. The number of rotatable bonds is 8. The van der Waals surface area contributed by atoms with Gasteiger partial charge in [0.25, 0.3) is 0 Å². The number of aromatic nitrogens is 3. The van der Waals surface area contributed by atoms with Crippen molar-refractivity contribution in [2.45, 2.75) is 26.4 Å². The molecule has 0 amide bonds.